The van der Waals surface area contributed by atoms with Gasteiger partial charge in [-0.15, -0.1) is 0 Å². The molecule has 0 aromatic carbocycles. The minimum atomic E-state index is -4.26. The third-order valence-electron chi connectivity index (χ3n) is 12.1. The highest BCUT2D eigenvalue weighted by molar-refractivity contribution is 5.85. The lowest BCUT2D eigenvalue weighted by atomic mass is 9.72. The normalized spacial score (nSPS) is 36.5. The van der Waals surface area contributed by atoms with Crippen molar-refractivity contribution in [1.82, 2.24) is 20.4 Å². The van der Waals surface area contributed by atoms with Crippen LogP contribution in [0.15, 0.2) is 4.99 Å². The van der Waals surface area contributed by atoms with E-state index in [0.717, 1.165) is 77.3 Å². The Bertz CT molecular complexity index is 897. The number of nitrogens with zero attached hydrogens (tertiary/aromatic N) is 3. The second kappa shape index (κ2) is 16.4. The highest BCUT2D eigenvalue weighted by Crippen LogP contribution is 2.44. The van der Waals surface area contributed by atoms with Crippen molar-refractivity contribution in [3.8, 4) is 0 Å². The molecule has 0 amide bonds. The molecule has 4 fully saturated rings. The molecule has 10 heteroatoms. The number of alkyl halides is 3. The Morgan fingerprint density at radius 1 is 1.05 bits per heavy atom. The Balaban J connectivity index is 1.41. The number of aliphatic hydroxyl groups excluding tert-OH is 1. The Kier molecular flexibility index (Phi) is 13.4. The van der Waals surface area contributed by atoms with Crippen LogP contribution in [0, 0.1) is 29.6 Å². The van der Waals surface area contributed by atoms with Crippen LogP contribution < -0.4 is 16.4 Å². The van der Waals surface area contributed by atoms with Gasteiger partial charge in [0, 0.05) is 42.3 Å². The molecule has 4 aliphatic rings. The summed E-state index contributed by atoms with van der Waals surface area (Å²) in [6.07, 6.45) is 5.79. The molecule has 10 atom stereocenters. The predicted molar refractivity (Wildman–Crippen MR) is 174 cm³/mol. The molecule has 2 aliphatic heterocycles. The summed E-state index contributed by atoms with van der Waals surface area (Å²) in [5, 5.41) is 18.2. The number of piperidine rings is 1. The van der Waals surface area contributed by atoms with Crippen LogP contribution in [-0.2, 0) is 0 Å². The molecule has 5 N–H and O–H groups in total. The standard InChI is InChI=1S/C34H63F3N6O/c1-6-8-30(40-5)31-14-13-27(7-2)43(31)32(38)28-19-23(10-9-22(28)3)33(44)41-26-12-11-24(29(20-26)34(35,36)37)21-42-17-15-25(39-4)16-18-42/h22-25,27-33,39-40,44H,6-21,38H2,1-5H3. The second-order valence-corrected chi connectivity index (χ2v) is 14.7. The maximum atomic E-state index is 14.3. The number of likely N-dealkylation sites (N-methyl/N-ethyl adjacent to an activating group) is 1. The fraction of sp³-hybridized carbons (Fsp3) is 0.971. The van der Waals surface area contributed by atoms with Crippen molar-refractivity contribution in [3.05, 3.63) is 0 Å². The SMILES string of the molecule is CCCC(NC)C1CCC(CC)N1C(N)C1CC(C(O)N=C2CCC(CN3CCC(NC)CC3)C(C(F)(F)F)C2)CCC1C. The number of hydrogen-bond acceptors (Lipinski definition) is 7. The van der Waals surface area contributed by atoms with Crippen LogP contribution in [0.2, 0.25) is 0 Å². The van der Waals surface area contributed by atoms with Gasteiger partial charge >= 0.3 is 6.18 Å². The zero-order chi connectivity index (χ0) is 32.0. The molecular weight excluding hydrogens is 565 g/mol. The maximum Gasteiger partial charge on any atom is 0.392 e. The third kappa shape index (κ3) is 8.77. The summed E-state index contributed by atoms with van der Waals surface area (Å²) in [5.41, 5.74) is 7.71. The molecule has 7 nitrogen and oxygen atoms in total. The maximum absolute atomic E-state index is 14.3. The molecular formula is C34H63F3N6O. The Labute approximate surface area is 265 Å². The first-order valence-electron chi connectivity index (χ1n) is 17.9. The van der Waals surface area contributed by atoms with Gasteiger partial charge in [-0.2, -0.15) is 13.2 Å². The van der Waals surface area contributed by atoms with Gasteiger partial charge in [0.1, 0.15) is 6.23 Å². The number of nitrogens with one attached hydrogen (secondary N) is 2. The zero-order valence-electron chi connectivity index (χ0n) is 28.2. The molecule has 0 aromatic rings. The van der Waals surface area contributed by atoms with Gasteiger partial charge in [0.2, 0.25) is 0 Å². The monoisotopic (exact) mass is 629 g/mol. The Morgan fingerprint density at radius 2 is 1.77 bits per heavy atom. The van der Waals surface area contributed by atoms with Crippen LogP contribution in [-0.4, -0.2) is 97.1 Å². The number of aliphatic hydroxyl groups is 1. The average molecular weight is 629 g/mol. The molecule has 2 heterocycles. The molecule has 10 unspecified atom stereocenters. The van der Waals surface area contributed by atoms with Gasteiger partial charge in [-0.05, 0) is 122 Å². The highest BCUT2D eigenvalue weighted by atomic mass is 19.4. The number of halogens is 3. The predicted octanol–water partition coefficient (Wildman–Crippen LogP) is 5.38. The quantitative estimate of drug-likeness (QED) is 0.232. The summed E-state index contributed by atoms with van der Waals surface area (Å²) in [7, 11) is 4.01. The van der Waals surface area contributed by atoms with Gasteiger partial charge < -0.3 is 26.4 Å². The third-order valence-corrected chi connectivity index (χ3v) is 12.1. The van der Waals surface area contributed by atoms with Crippen molar-refractivity contribution in [2.45, 2.75) is 147 Å². The molecule has 0 bridgehead atoms. The molecule has 2 aliphatic carbocycles. The van der Waals surface area contributed by atoms with Gasteiger partial charge in [-0.3, -0.25) is 9.89 Å². The lowest BCUT2D eigenvalue weighted by molar-refractivity contribution is -0.191. The fourth-order valence-corrected chi connectivity index (χ4v) is 9.24. The van der Waals surface area contributed by atoms with E-state index in [1.807, 2.05) is 7.05 Å². The summed E-state index contributed by atoms with van der Waals surface area (Å²) >= 11 is 0. The molecule has 44 heavy (non-hydrogen) atoms. The van der Waals surface area contributed by atoms with E-state index >= 15 is 0 Å². The van der Waals surface area contributed by atoms with Crippen molar-refractivity contribution in [2.24, 2.45) is 40.3 Å². The lowest BCUT2D eigenvalue weighted by Crippen LogP contribution is -2.59. The van der Waals surface area contributed by atoms with Crippen molar-refractivity contribution in [2.75, 3.05) is 33.7 Å². The second-order valence-electron chi connectivity index (χ2n) is 14.7. The van der Waals surface area contributed by atoms with Crippen LogP contribution in [0.3, 0.4) is 0 Å². The summed E-state index contributed by atoms with van der Waals surface area (Å²) in [5.74, 6) is -1.21. The van der Waals surface area contributed by atoms with Crippen LogP contribution in [0.1, 0.15) is 104 Å². The number of rotatable bonds is 12. The van der Waals surface area contributed by atoms with Crippen molar-refractivity contribution in [1.29, 1.82) is 0 Å². The minimum absolute atomic E-state index is 0.0675. The van der Waals surface area contributed by atoms with Crippen LogP contribution >= 0.6 is 0 Å². The van der Waals surface area contributed by atoms with E-state index in [-0.39, 0.29) is 24.4 Å². The zero-order valence-corrected chi connectivity index (χ0v) is 28.2. The van der Waals surface area contributed by atoms with Crippen LogP contribution in [0.4, 0.5) is 13.2 Å². The summed E-state index contributed by atoms with van der Waals surface area (Å²) in [6, 6.07) is 1.74. The van der Waals surface area contributed by atoms with Gasteiger partial charge in [0.25, 0.3) is 0 Å². The Hall–Kier alpha value is -0.780. The van der Waals surface area contributed by atoms with Crippen LogP contribution in [0.25, 0.3) is 0 Å². The average Bonchev–Trinajstić information content (AvgIpc) is 3.44. The molecule has 256 valence electrons. The number of aliphatic imine (C=N–C) groups is 1. The first kappa shape index (κ1) is 36.1. The largest absolute Gasteiger partial charge is 0.392 e. The van der Waals surface area contributed by atoms with E-state index < -0.39 is 24.2 Å². The van der Waals surface area contributed by atoms with Crippen LogP contribution in [0.5, 0.6) is 0 Å². The Morgan fingerprint density at radius 3 is 2.39 bits per heavy atom. The summed E-state index contributed by atoms with van der Waals surface area (Å²) < 4.78 is 42.9. The van der Waals surface area contributed by atoms with Gasteiger partial charge in [0.05, 0.1) is 12.1 Å². The molecule has 0 aromatic heterocycles. The van der Waals surface area contributed by atoms with Crippen molar-refractivity contribution in [3.63, 3.8) is 0 Å². The lowest BCUT2D eigenvalue weighted by Gasteiger charge is -2.46. The van der Waals surface area contributed by atoms with Crippen molar-refractivity contribution < 1.29 is 18.3 Å². The van der Waals surface area contributed by atoms with Gasteiger partial charge in [-0.25, -0.2) is 0 Å². The first-order valence-corrected chi connectivity index (χ1v) is 17.9. The van der Waals surface area contributed by atoms with E-state index in [9.17, 15) is 18.3 Å². The number of hydrogen-bond donors (Lipinski definition) is 4. The van der Waals surface area contributed by atoms with E-state index in [2.05, 4.69) is 53.2 Å². The smallest absolute Gasteiger partial charge is 0.372 e. The fourth-order valence-electron chi connectivity index (χ4n) is 9.24. The summed E-state index contributed by atoms with van der Waals surface area (Å²) in [4.78, 5) is 9.45. The molecule has 2 saturated carbocycles. The molecule has 0 spiro atoms. The highest BCUT2D eigenvalue weighted by Gasteiger charge is 2.48. The summed E-state index contributed by atoms with van der Waals surface area (Å²) in [6.45, 7) is 8.96. The van der Waals surface area contributed by atoms with Crippen molar-refractivity contribution >= 4 is 5.71 Å². The van der Waals surface area contributed by atoms with Gasteiger partial charge in [-0.1, -0.05) is 27.2 Å². The minimum Gasteiger partial charge on any atom is -0.372 e. The van der Waals surface area contributed by atoms with E-state index in [0.29, 0.717) is 55.2 Å². The van der Waals surface area contributed by atoms with Gasteiger partial charge in [0.15, 0.2) is 0 Å². The number of likely N-dealkylation sites (tertiary alicyclic amines) is 2. The number of nitrogens with two attached hydrogens (primary N) is 1. The topological polar surface area (TPSA) is 89.1 Å². The molecule has 4 rings (SSSR count). The molecule has 0 radical (unpaired) electrons. The van der Waals surface area contributed by atoms with E-state index in [4.69, 9.17) is 5.73 Å². The van der Waals surface area contributed by atoms with E-state index in [1.165, 1.54) is 0 Å². The van der Waals surface area contributed by atoms with E-state index in [1.54, 1.807) is 0 Å². The molecule has 2 saturated heterocycles. The first-order chi connectivity index (χ1) is 21.0.